The molecule has 2 aromatic rings. The second-order valence-corrected chi connectivity index (χ2v) is 6.70. The molecule has 0 aliphatic heterocycles. The average molecular weight is 389 g/mol. The van der Waals surface area contributed by atoms with Crippen molar-refractivity contribution in [2.24, 2.45) is 0 Å². The second-order valence-electron chi connectivity index (χ2n) is 6.26. The van der Waals surface area contributed by atoms with Gasteiger partial charge in [0, 0.05) is 38.0 Å². The van der Waals surface area contributed by atoms with Gasteiger partial charge in [-0.25, -0.2) is 0 Å². The third-order valence-corrected chi connectivity index (χ3v) is 4.50. The molecule has 0 saturated heterocycles. The first-order valence-electron chi connectivity index (χ1n) is 8.87. The van der Waals surface area contributed by atoms with Crippen molar-refractivity contribution in [1.29, 1.82) is 0 Å². The SMILES string of the molecule is COc1ccc(CNC(=O)CCN(CCc2cccc(Cl)c2)C(C)=O)cc1. The maximum Gasteiger partial charge on any atom is 0.222 e. The third kappa shape index (κ3) is 7.31. The minimum atomic E-state index is -0.0835. The minimum Gasteiger partial charge on any atom is -0.497 e. The van der Waals surface area contributed by atoms with Crippen molar-refractivity contribution < 1.29 is 14.3 Å². The lowest BCUT2D eigenvalue weighted by Gasteiger charge is -2.21. The highest BCUT2D eigenvalue weighted by Gasteiger charge is 2.11. The molecule has 2 aromatic carbocycles. The Morgan fingerprint density at radius 1 is 1.07 bits per heavy atom. The van der Waals surface area contributed by atoms with Crippen LogP contribution in [0, 0.1) is 0 Å². The van der Waals surface area contributed by atoms with E-state index in [4.69, 9.17) is 16.3 Å². The average Bonchev–Trinajstić information content (AvgIpc) is 2.66. The molecule has 0 heterocycles. The molecule has 1 N–H and O–H groups in total. The molecular weight excluding hydrogens is 364 g/mol. The maximum absolute atomic E-state index is 12.1. The van der Waals surface area contributed by atoms with E-state index in [2.05, 4.69) is 5.32 Å². The summed E-state index contributed by atoms with van der Waals surface area (Å²) in [6.45, 7) is 2.92. The molecule has 6 heteroatoms. The van der Waals surface area contributed by atoms with Crippen molar-refractivity contribution in [1.82, 2.24) is 10.2 Å². The van der Waals surface area contributed by atoms with Gasteiger partial charge in [0.25, 0.3) is 0 Å². The molecule has 0 radical (unpaired) electrons. The van der Waals surface area contributed by atoms with Gasteiger partial charge in [0.2, 0.25) is 11.8 Å². The van der Waals surface area contributed by atoms with E-state index in [1.807, 2.05) is 48.5 Å². The summed E-state index contributed by atoms with van der Waals surface area (Å²) in [4.78, 5) is 25.6. The number of hydrogen-bond donors (Lipinski definition) is 1. The molecule has 0 saturated carbocycles. The highest BCUT2D eigenvalue weighted by Crippen LogP contribution is 2.12. The van der Waals surface area contributed by atoms with Gasteiger partial charge < -0.3 is 15.0 Å². The highest BCUT2D eigenvalue weighted by molar-refractivity contribution is 6.30. The molecule has 0 aliphatic carbocycles. The summed E-state index contributed by atoms with van der Waals surface area (Å²) in [5.41, 5.74) is 2.06. The zero-order chi connectivity index (χ0) is 19.6. The molecule has 0 aliphatic rings. The highest BCUT2D eigenvalue weighted by atomic mass is 35.5. The number of nitrogens with zero attached hydrogens (tertiary/aromatic N) is 1. The van der Waals surface area contributed by atoms with Gasteiger partial charge in [-0.05, 0) is 41.8 Å². The Labute approximate surface area is 165 Å². The Hall–Kier alpha value is -2.53. The molecule has 5 nitrogen and oxygen atoms in total. The lowest BCUT2D eigenvalue weighted by Crippen LogP contribution is -2.35. The fraction of sp³-hybridized carbons (Fsp3) is 0.333. The monoisotopic (exact) mass is 388 g/mol. The Bertz CT molecular complexity index is 762. The van der Waals surface area contributed by atoms with Crippen LogP contribution in [0.1, 0.15) is 24.5 Å². The predicted octanol–water partition coefficient (Wildman–Crippen LogP) is 3.45. The van der Waals surface area contributed by atoms with E-state index in [0.717, 1.165) is 16.9 Å². The molecule has 27 heavy (non-hydrogen) atoms. The fourth-order valence-corrected chi connectivity index (χ4v) is 2.87. The van der Waals surface area contributed by atoms with Crippen LogP contribution in [0.25, 0.3) is 0 Å². The Kier molecular flexibility index (Phi) is 8.14. The van der Waals surface area contributed by atoms with E-state index in [-0.39, 0.29) is 18.2 Å². The van der Waals surface area contributed by atoms with Gasteiger partial charge in [0.1, 0.15) is 5.75 Å². The van der Waals surface area contributed by atoms with Gasteiger partial charge in [-0.15, -0.1) is 0 Å². The van der Waals surface area contributed by atoms with Crippen LogP contribution < -0.4 is 10.1 Å². The van der Waals surface area contributed by atoms with Crippen LogP contribution in [0.5, 0.6) is 5.75 Å². The van der Waals surface area contributed by atoms with E-state index in [9.17, 15) is 9.59 Å². The van der Waals surface area contributed by atoms with Crippen molar-refractivity contribution in [2.45, 2.75) is 26.3 Å². The number of ether oxygens (including phenoxy) is 1. The molecule has 0 unspecified atom stereocenters. The first kappa shape index (κ1) is 20.8. The summed E-state index contributed by atoms with van der Waals surface area (Å²) in [7, 11) is 1.62. The van der Waals surface area contributed by atoms with Crippen molar-refractivity contribution in [3.05, 3.63) is 64.7 Å². The molecule has 0 spiro atoms. The van der Waals surface area contributed by atoms with Crippen LogP contribution in [0.3, 0.4) is 0 Å². The lowest BCUT2D eigenvalue weighted by atomic mass is 10.1. The zero-order valence-electron chi connectivity index (χ0n) is 15.7. The largest absolute Gasteiger partial charge is 0.497 e. The summed E-state index contributed by atoms with van der Waals surface area (Å²) in [5.74, 6) is 0.654. The molecule has 144 valence electrons. The third-order valence-electron chi connectivity index (χ3n) is 4.26. The predicted molar refractivity (Wildman–Crippen MR) is 107 cm³/mol. The van der Waals surface area contributed by atoms with Crippen LogP contribution in [-0.2, 0) is 22.6 Å². The lowest BCUT2D eigenvalue weighted by molar-refractivity contribution is -0.129. The van der Waals surface area contributed by atoms with E-state index < -0.39 is 0 Å². The number of carbonyl (C=O) groups excluding carboxylic acids is 2. The summed E-state index contributed by atoms with van der Waals surface area (Å²) >= 11 is 5.99. The van der Waals surface area contributed by atoms with Crippen LogP contribution in [-0.4, -0.2) is 36.9 Å². The molecule has 2 rings (SSSR count). The number of hydrogen-bond acceptors (Lipinski definition) is 3. The maximum atomic E-state index is 12.1. The fourth-order valence-electron chi connectivity index (χ4n) is 2.65. The molecule has 2 amide bonds. The summed E-state index contributed by atoms with van der Waals surface area (Å²) < 4.78 is 5.11. The van der Waals surface area contributed by atoms with Gasteiger partial charge in [-0.2, -0.15) is 0 Å². The first-order chi connectivity index (χ1) is 13.0. The van der Waals surface area contributed by atoms with Crippen molar-refractivity contribution in [3.63, 3.8) is 0 Å². The topological polar surface area (TPSA) is 58.6 Å². The number of nitrogens with one attached hydrogen (secondary N) is 1. The number of benzene rings is 2. The number of methoxy groups -OCH3 is 1. The molecule has 0 aromatic heterocycles. The van der Waals surface area contributed by atoms with E-state index in [1.54, 1.807) is 12.0 Å². The number of rotatable bonds is 9. The van der Waals surface area contributed by atoms with E-state index in [1.165, 1.54) is 6.92 Å². The van der Waals surface area contributed by atoms with Gasteiger partial charge in [-0.3, -0.25) is 9.59 Å². The van der Waals surface area contributed by atoms with Crippen LogP contribution >= 0.6 is 11.6 Å². The summed E-state index contributed by atoms with van der Waals surface area (Å²) in [6.07, 6.45) is 0.971. The van der Waals surface area contributed by atoms with Crippen LogP contribution in [0.2, 0.25) is 5.02 Å². The zero-order valence-corrected chi connectivity index (χ0v) is 16.5. The molecule has 0 bridgehead atoms. The minimum absolute atomic E-state index is 0.0417. The quantitative estimate of drug-likeness (QED) is 0.715. The van der Waals surface area contributed by atoms with Gasteiger partial charge in [0.15, 0.2) is 0 Å². The van der Waals surface area contributed by atoms with Crippen molar-refractivity contribution >= 4 is 23.4 Å². The Balaban J connectivity index is 1.76. The van der Waals surface area contributed by atoms with Crippen LogP contribution in [0.15, 0.2) is 48.5 Å². The normalized spacial score (nSPS) is 10.3. The van der Waals surface area contributed by atoms with E-state index in [0.29, 0.717) is 31.1 Å². The number of amides is 2. The first-order valence-corrected chi connectivity index (χ1v) is 9.25. The van der Waals surface area contributed by atoms with Crippen molar-refractivity contribution in [2.75, 3.05) is 20.2 Å². The smallest absolute Gasteiger partial charge is 0.222 e. The summed E-state index contributed by atoms with van der Waals surface area (Å²) in [6, 6.07) is 15.1. The van der Waals surface area contributed by atoms with Gasteiger partial charge in [-0.1, -0.05) is 35.9 Å². The molecular formula is C21H25ClN2O3. The number of halogens is 1. The van der Waals surface area contributed by atoms with Crippen molar-refractivity contribution in [3.8, 4) is 5.75 Å². The Morgan fingerprint density at radius 3 is 2.44 bits per heavy atom. The van der Waals surface area contributed by atoms with Crippen LogP contribution in [0.4, 0.5) is 0 Å². The number of carbonyl (C=O) groups is 2. The summed E-state index contributed by atoms with van der Waals surface area (Å²) in [5, 5.41) is 3.56. The Morgan fingerprint density at radius 2 is 1.81 bits per heavy atom. The standard InChI is InChI=1S/C21H25ClN2O3/c1-16(25)24(12-10-17-4-3-5-19(22)14-17)13-11-21(26)23-15-18-6-8-20(27-2)9-7-18/h3-9,14H,10-13,15H2,1-2H3,(H,23,26). The second kappa shape index (κ2) is 10.6. The molecule has 0 atom stereocenters. The van der Waals surface area contributed by atoms with Gasteiger partial charge >= 0.3 is 0 Å². The molecule has 0 fully saturated rings. The van der Waals surface area contributed by atoms with E-state index >= 15 is 0 Å². The van der Waals surface area contributed by atoms with Gasteiger partial charge in [0.05, 0.1) is 7.11 Å².